The number of benzene rings is 1. The van der Waals surface area contributed by atoms with Gasteiger partial charge in [-0.25, -0.2) is 0 Å². The minimum Gasteiger partial charge on any atom is -0.324 e. The average molecular weight is 358 g/mol. The molecule has 1 aromatic carbocycles. The normalized spacial score (nSPS) is 12.9. The predicted molar refractivity (Wildman–Crippen MR) is 81.2 cm³/mol. The molecule has 0 saturated carbocycles. The predicted octanol–water partition coefficient (Wildman–Crippen LogP) is 3.25. The number of ketones is 1. The third-order valence-electron chi connectivity index (χ3n) is 2.30. The molecule has 0 bridgehead atoms. The zero-order chi connectivity index (χ0) is 18.0. The van der Waals surface area contributed by atoms with E-state index in [1.807, 2.05) is 0 Å². The molecule has 0 spiro atoms. The van der Waals surface area contributed by atoms with E-state index in [2.05, 4.69) is 26.2 Å². The average Bonchev–Trinajstić information content (AvgIpc) is 2.57. The third-order valence-corrected chi connectivity index (χ3v) is 3.04. The van der Waals surface area contributed by atoms with Crippen LogP contribution in [0.2, 0.25) is 0 Å². The first-order valence-electron chi connectivity index (χ1n) is 7.40. The summed E-state index contributed by atoms with van der Waals surface area (Å²) >= 11 is 8.66. The molecule has 1 N–H and O–H groups in total. The zero-order valence-corrected chi connectivity index (χ0v) is 12.3. The number of hydrogen-bond acceptors (Lipinski definition) is 3. The maximum atomic E-state index is 12.7. The van der Waals surface area contributed by atoms with Crippen molar-refractivity contribution in [2.75, 3.05) is 11.2 Å². The van der Waals surface area contributed by atoms with E-state index in [4.69, 9.17) is 17.1 Å². The molecule has 0 radical (unpaired) electrons. The van der Waals surface area contributed by atoms with Crippen LogP contribution in [-0.4, -0.2) is 22.6 Å². The van der Waals surface area contributed by atoms with E-state index in [9.17, 15) is 9.59 Å². The topological polar surface area (TPSA) is 59.1 Å². The van der Waals surface area contributed by atoms with Crippen LogP contribution in [0, 0.1) is 0 Å². The fraction of sp³-hybridized carbons (Fsp3) is 0.0714. The van der Waals surface area contributed by atoms with Crippen molar-refractivity contribution in [3.63, 3.8) is 0 Å². The largest absolute Gasteiger partial charge is 0.324 e. The Hall–Kier alpha value is -1.72. The Balaban J connectivity index is 2.58. The first kappa shape index (κ1) is 10.1. The Bertz CT molecular complexity index is 848. The molecule has 0 fully saturated rings. The Labute approximate surface area is 134 Å². The van der Waals surface area contributed by atoms with Gasteiger partial charge in [-0.15, -0.1) is 11.6 Å². The van der Waals surface area contributed by atoms with E-state index in [1.165, 1.54) is 12.1 Å². The summed E-state index contributed by atoms with van der Waals surface area (Å²) in [6, 6.07) is 2.88. The summed E-state index contributed by atoms with van der Waals surface area (Å²) in [6.45, 7) is 0. The number of rotatable bonds is 4. The molecule has 1 amide bonds. The molecular formula is C14H10BrClN2O2. The number of amides is 1. The van der Waals surface area contributed by atoms with Gasteiger partial charge in [-0.3, -0.25) is 14.6 Å². The van der Waals surface area contributed by atoms with Crippen LogP contribution in [0.15, 0.2) is 47.0 Å². The zero-order valence-electron chi connectivity index (χ0n) is 14.0. The Morgan fingerprint density at radius 2 is 2.20 bits per heavy atom. The summed E-state index contributed by atoms with van der Waals surface area (Å²) in [5.41, 5.74) is -0.232. The summed E-state index contributed by atoms with van der Waals surface area (Å²) < 4.78 is 31.0. The van der Waals surface area contributed by atoms with Gasteiger partial charge in [0.05, 0.1) is 11.2 Å². The monoisotopic (exact) mass is 356 g/mol. The molecule has 0 saturated heterocycles. The number of carbonyl (C=O) groups excluding carboxylic acids is 2. The van der Waals surface area contributed by atoms with E-state index in [-0.39, 0.29) is 17.1 Å². The summed E-state index contributed by atoms with van der Waals surface area (Å²) in [7, 11) is 0. The van der Waals surface area contributed by atoms with Crippen LogP contribution < -0.4 is 5.32 Å². The van der Waals surface area contributed by atoms with Crippen LogP contribution in [0.3, 0.4) is 0 Å². The summed E-state index contributed by atoms with van der Waals surface area (Å²) in [5, 5.41) is 2.47. The molecular weight excluding hydrogens is 344 g/mol. The number of alkyl halides is 1. The second-order valence-electron chi connectivity index (χ2n) is 3.65. The Morgan fingerprint density at radius 1 is 1.40 bits per heavy atom. The van der Waals surface area contributed by atoms with E-state index in [1.54, 1.807) is 6.07 Å². The number of halogens is 2. The van der Waals surface area contributed by atoms with Crippen molar-refractivity contribution < 1.29 is 15.1 Å². The van der Waals surface area contributed by atoms with Crippen LogP contribution in [0.25, 0.3) is 0 Å². The van der Waals surface area contributed by atoms with Gasteiger partial charge in [-0.05, 0) is 30.3 Å². The number of pyridine rings is 1. The first-order valence-corrected chi connectivity index (χ1v) is 6.73. The van der Waals surface area contributed by atoms with Gasteiger partial charge in [-0.2, -0.15) is 0 Å². The summed E-state index contributed by atoms with van der Waals surface area (Å²) in [5.74, 6) is -1.56. The number of hydrogen-bond donors (Lipinski definition) is 1. The standard InChI is InChI=1S/C14H10BrClN2O2/c15-9-4-5-11(18-13(19)8-16)10(7-9)14(20)12-3-1-2-6-17-12/h1-7H,8H2,(H,18,19)/i1D,2D,3D,6D. The lowest BCUT2D eigenvalue weighted by Gasteiger charge is -2.10. The molecule has 0 aliphatic carbocycles. The van der Waals surface area contributed by atoms with Gasteiger partial charge < -0.3 is 5.32 Å². The van der Waals surface area contributed by atoms with E-state index in [0.717, 1.165) is 0 Å². The van der Waals surface area contributed by atoms with Crippen molar-refractivity contribution >= 4 is 44.9 Å². The molecule has 4 nitrogen and oxygen atoms in total. The smallest absolute Gasteiger partial charge is 0.239 e. The molecule has 2 aromatic rings. The number of aromatic nitrogens is 1. The van der Waals surface area contributed by atoms with Crippen LogP contribution in [0.5, 0.6) is 0 Å². The van der Waals surface area contributed by atoms with Crippen molar-refractivity contribution in [2.24, 2.45) is 0 Å². The van der Waals surface area contributed by atoms with Crippen molar-refractivity contribution in [1.82, 2.24) is 4.98 Å². The lowest BCUT2D eigenvalue weighted by molar-refractivity contribution is -0.113. The van der Waals surface area contributed by atoms with E-state index < -0.39 is 41.7 Å². The molecule has 102 valence electrons. The molecule has 1 aromatic heterocycles. The quantitative estimate of drug-likeness (QED) is 0.675. The number of anilines is 1. The Morgan fingerprint density at radius 3 is 2.95 bits per heavy atom. The van der Waals surface area contributed by atoms with Gasteiger partial charge in [0.1, 0.15) is 11.6 Å². The van der Waals surface area contributed by atoms with Crippen LogP contribution in [0.1, 0.15) is 21.5 Å². The van der Waals surface area contributed by atoms with Crippen molar-refractivity contribution in [3.05, 3.63) is 58.2 Å². The minimum atomic E-state index is -0.742. The summed E-state index contributed by atoms with van der Waals surface area (Å²) in [6.07, 6.45) is -0.569. The molecule has 0 aliphatic heterocycles. The van der Waals surface area contributed by atoms with Crippen molar-refractivity contribution in [1.29, 1.82) is 0 Å². The molecule has 0 unspecified atom stereocenters. The van der Waals surface area contributed by atoms with Gasteiger partial charge in [-0.1, -0.05) is 22.0 Å². The minimum absolute atomic E-state index is 0.0281. The van der Waals surface area contributed by atoms with E-state index in [0.29, 0.717) is 4.47 Å². The molecule has 2 rings (SSSR count). The van der Waals surface area contributed by atoms with Gasteiger partial charge in [0.15, 0.2) is 0 Å². The second-order valence-corrected chi connectivity index (χ2v) is 4.83. The molecule has 0 aliphatic rings. The highest BCUT2D eigenvalue weighted by Crippen LogP contribution is 2.23. The van der Waals surface area contributed by atoms with Crippen LogP contribution in [-0.2, 0) is 4.79 Å². The van der Waals surface area contributed by atoms with E-state index >= 15 is 0 Å². The number of carbonyl (C=O) groups is 2. The molecule has 0 atom stereocenters. The Kier molecular flexibility index (Phi) is 3.34. The molecule has 20 heavy (non-hydrogen) atoms. The fourth-order valence-corrected chi connectivity index (χ4v) is 1.89. The second kappa shape index (κ2) is 6.63. The molecule has 1 heterocycles. The highest BCUT2D eigenvalue weighted by Gasteiger charge is 2.16. The summed E-state index contributed by atoms with van der Waals surface area (Å²) in [4.78, 5) is 27.9. The maximum absolute atomic E-state index is 12.7. The van der Waals surface area contributed by atoms with Gasteiger partial charge in [0.25, 0.3) is 0 Å². The lowest BCUT2D eigenvalue weighted by atomic mass is 10.1. The van der Waals surface area contributed by atoms with Crippen molar-refractivity contribution in [3.8, 4) is 0 Å². The molecule has 6 heteroatoms. The number of nitrogens with zero attached hydrogens (tertiary/aromatic N) is 1. The highest BCUT2D eigenvalue weighted by molar-refractivity contribution is 9.10. The van der Waals surface area contributed by atoms with Crippen LogP contribution in [0.4, 0.5) is 5.69 Å². The van der Waals surface area contributed by atoms with Crippen LogP contribution >= 0.6 is 27.5 Å². The fourth-order valence-electron chi connectivity index (χ4n) is 1.46. The highest BCUT2D eigenvalue weighted by atomic mass is 79.9. The lowest BCUT2D eigenvalue weighted by Crippen LogP contribution is -2.16. The third kappa shape index (κ3) is 3.43. The van der Waals surface area contributed by atoms with Gasteiger partial charge in [0, 0.05) is 16.2 Å². The SMILES string of the molecule is [2H]c1nc(C(=O)c2cc(Br)ccc2NC(=O)CCl)c([2H])c([2H])c1[2H]. The van der Waals surface area contributed by atoms with Crippen molar-refractivity contribution in [2.45, 2.75) is 0 Å². The van der Waals surface area contributed by atoms with Gasteiger partial charge in [0.2, 0.25) is 11.7 Å². The maximum Gasteiger partial charge on any atom is 0.239 e. The number of nitrogens with one attached hydrogen (secondary N) is 1. The first-order chi connectivity index (χ1) is 11.3. The van der Waals surface area contributed by atoms with Gasteiger partial charge >= 0.3 is 0 Å².